The second-order valence-electron chi connectivity index (χ2n) is 3.23. The molecule has 0 aliphatic heterocycles. The van der Waals surface area contributed by atoms with Crippen molar-refractivity contribution in [3.8, 4) is 0 Å². The van der Waals surface area contributed by atoms with E-state index in [1.807, 2.05) is 13.0 Å². The molecule has 0 unspecified atom stereocenters. The summed E-state index contributed by atoms with van der Waals surface area (Å²) in [5.41, 5.74) is 1.68. The van der Waals surface area contributed by atoms with Crippen molar-refractivity contribution in [2.45, 2.75) is 13.3 Å². The number of halogens is 3. The molecule has 2 aromatic rings. The SMILES string of the molecule is CCc1cc(Cl)c2c(Cl)cc(Cl)cc2n1. The number of hydrogen-bond acceptors (Lipinski definition) is 1. The molecule has 0 fully saturated rings. The zero-order valence-corrected chi connectivity index (χ0v) is 10.3. The Labute approximate surface area is 103 Å². The third kappa shape index (κ3) is 2.05. The van der Waals surface area contributed by atoms with E-state index in [0.717, 1.165) is 23.0 Å². The molecule has 2 rings (SSSR count). The Hall–Kier alpha value is -0.500. The van der Waals surface area contributed by atoms with Gasteiger partial charge in [0.15, 0.2) is 0 Å². The topological polar surface area (TPSA) is 12.9 Å². The molecular weight excluding hydrogens is 252 g/mol. The van der Waals surface area contributed by atoms with Crippen molar-refractivity contribution in [3.05, 3.63) is 39.0 Å². The molecule has 0 N–H and O–H groups in total. The number of pyridine rings is 1. The maximum Gasteiger partial charge on any atom is 0.0750 e. The monoisotopic (exact) mass is 259 g/mol. The molecule has 1 heterocycles. The van der Waals surface area contributed by atoms with Crippen LogP contribution in [-0.2, 0) is 6.42 Å². The van der Waals surface area contributed by atoms with Crippen LogP contribution < -0.4 is 0 Å². The molecule has 0 spiro atoms. The van der Waals surface area contributed by atoms with Gasteiger partial charge in [-0.2, -0.15) is 0 Å². The Morgan fingerprint density at radius 2 is 1.73 bits per heavy atom. The van der Waals surface area contributed by atoms with Gasteiger partial charge in [-0.25, -0.2) is 0 Å². The average molecular weight is 261 g/mol. The highest BCUT2D eigenvalue weighted by Gasteiger charge is 2.08. The van der Waals surface area contributed by atoms with E-state index >= 15 is 0 Å². The van der Waals surface area contributed by atoms with Crippen LogP contribution in [0.3, 0.4) is 0 Å². The molecule has 0 saturated carbocycles. The predicted molar refractivity (Wildman–Crippen MR) is 66.2 cm³/mol. The number of nitrogens with zero attached hydrogens (tertiary/aromatic N) is 1. The zero-order chi connectivity index (χ0) is 11.0. The predicted octanol–water partition coefficient (Wildman–Crippen LogP) is 4.76. The lowest BCUT2D eigenvalue weighted by molar-refractivity contribution is 1.06. The summed E-state index contributed by atoms with van der Waals surface area (Å²) in [6, 6.07) is 5.28. The van der Waals surface area contributed by atoms with Gasteiger partial charge < -0.3 is 0 Å². The smallest absolute Gasteiger partial charge is 0.0750 e. The summed E-state index contributed by atoms with van der Waals surface area (Å²) in [4.78, 5) is 4.42. The summed E-state index contributed by atoms with van der Waals surface area (Å²) in [6.07, 6.45) is 0.833. The van der Waals surface area contributed by atoms with Gasteiger partial charge in [-0.05, 0) is 24.6 Å². The first kappa shape index (κ1) is 11.0. The zero-order valence-electron chi connectivity index (χ0n) is 8.02. The average Bonchev–Trinajstić information content (AvgIpc) is 2.15. The molecule has 1 aromatic heterocycles. The quantitative estimate of drug-likeness (QED) is 0.720. The lowest BCUT2D eigenvalue weighted by Gasteiger charge is -2.05. The molecule has 1 aromatic carbocycles. The van der Waals surface area contributed by atoms with Crippen molar-refractivity contribution < 1.29 is 0 Å². The van der Waals surface area contributed by atoms with Crippen molar-refractivity contribution >= 4 is 45.7 Å². The van der Waals surface area contributed by atoms with Crippen LogP contribution in [0.2, 0.25) is 15.1 Å². The number of hydrogen-bond donors (Lipinski definition) is 0. The number of aryl methyl sites for hydroxylation is 1. The van der Waals surface area contributed by atoms with Crippen LogP contribution in [-0.4, -0.2) is 4.98 Å². The molecule has 0 amide bonds. The highest BCUT2D eigenvalue weighted by molar-refractivity contribution is 6.43. The fourth-order valence-electron chi connectivity index (χ4n) is 1.47. The minimum Gasteiger partial charge on any atom is -0.253 e. The molecule has 0 aliphatic rings. The second-order valence-corrected chi connectivity index (χ2v) is 4.48. The molecule has 0 aliphatic carbocycles. The number of rotatable bonds is 1. The van der Waals surface area contributed by atoms with E-state index in [1.54, 1.807) is 12.1 Å². The Balaban J connectivity index is 2.85. The van der Waals surface area contributed by atoms with Crippen molar-refractivity contribution in [1.29, 1.82) is 0 Å². The fourth-order valence-corrected chi connectivity index (χ4v) is 2.43. The van der Waals surface area contributed by atoms with Crippen LogP contribution in [0.4, 0.5) is 0 Å². The molecule has 1 nitrogen and oxygen atoms in total. The Morgan fingerprint density at radius 1 is 1.07 bits per heavy atom. The second kappa shape index (κ2) is 4.17. The molecule has 0 saturated heterocycles. The highest BCUT2D eigenvalue weighted by Crippen LogP contribution is 2.32. The van der Waals surface area contributed by atoms with Gasteiger partial charge in [0.1, 0.15) is 0 Å². The van der Waals surface area contributed by atoms with E-state index < -0.39 is 0 Å². The summed E-state index contributed by atoms with van der Waals surface area (Å²) >= 11 is 18.1. The van der Waals surface area contributed by atoms with Gasteiger partial charge in [-0.15, -0.1) is 0 Å². The highest BCUT2D eigenvalue weighted by atomic mass is 35.5. The van der Waals surface area contributed by atoms with Gasteiger partial charge in [0.25, 0.3) is 0 Å². The number of fused-ring (bicyclic) bond motifs is 1. The van der Waals surface area contributed by atoms with Gasteiger partial charge in [0.2, 0.25) is 0 Å². The van der Waals surface area contributed by atoms with E-state index in [0.29, 0.717) is 15.1 Å². The summed E-state index contributed by atoms with van der Waals surface area (Å²) < 4.78 is 0. The molecular formula is C11H8Cl3N. The third-order valence-electron chi connectivity index (χ3n) is 2.19. The standard InChI is InChI=1S/C11H8Cl3N/c1-2-7-5-9(14)11-8(13)3-6(12)4-10(11)15-7/h3-5H,2H2,1H3. The molecule has 15 heavy (non-hydrogen) atoms. The molecule has 4 heteroatoms. The summed E-state index contributed by atoms with van der Waals surface area (Å²) in [7, 11) is 0. The van der Waals surface area contributed by atoms with E-state index in [2.05, 4.69) is 4.98 Å². The molecule has 0 radical (unpaired) electrons. The van der Waals surface area contributed by atoms with Crippen molar-refractivity contribution in [3.63, 3.8) is 0 Å². The minimum absolute atomic E-state index is 0.539. The first-order chi connectivity index (χ1) is 7.11. The first-order valence-electron chi connectivity index (χ1n) is 4.56. The van der Waals surface area contributed by atoms with Crippen LogP contribution in [0, 0.1) is 0 Å². The lowest BCUT2D eigenvalue weighted by atomic mass is 10.2. The largest absolute Gasteiger partial charge is 0.253 e. The Kier molecular flexibility index (Phi) is 3.06. The third-order valence-corrected chi connectivity index (χ3v) is 3.01. The first-order valence-corrected chi connectivity index (χ1v) is 5.69. The molecule has 0 atom stereocenters. The number of aromatic nitrogens is 1. The van der Waals surface area contributed by atoms with Crippen molar-refractivity contribution in [2.75, 3.05) is 0 Å². The van der Waals surface area contributed by atoms with Crippen LogP contribution >= 0.6 is 34.8 Å². The Bertz CT molecular complexity index is 523. The maximum absolute atomic E-state index is 6.13. The summed E-state index contributed by atoms with van der Waals surface area (Å²) in [5, 5.41) is 2.50. The normalized spacial score (nSPS) is 10.9. The van der Waals surface area contributed by atoms with E-state index in [9.17, 15) is 0 Å². The fraction of sp³-hybridized carbons (Fsp3) is 0.182. The molecule has 78 valence electrons. The molecule has 0 bridgehead atoms. The van der Waals surface area contributed by atoms with E-state index in [1.165, 1.54) is 0 Å². The Morgan fingerprint density at radius 3 is 2.40 bits per heavy atom. The van der Waals surface area contributed by atoms with Gasteiger partial charge in [0.05, 0.1) is 15.6 Å². The minimum atomic E-state index is 0.539. The van der Waals surface area contributed by atoms with Gasteiger partial charge in [0, 0.05) is 16.1 Å². The van der Waals surface area contributed by atoms with Gasteiger partial charge >= 0.3 is 0 Å². The van der Waals surface area contributed by atoms with Crippen molar-refractivity contribution in [1.82, 2.24) is 4.98 Å². The lowest BCUT2D eigenvalue weighted by Crippen LogP contribution is -1.89. The van der Waals surface area contributed by atoms with Crippen LogP contribution in [0.5, 0.6) is 0 Å². The van der Waals surface area contributed by atoms with E-state index in [4.69, 9.17) is 34.8 Å². The van der Waals surface area contributed by atoms with Gasteiger partial charge in [-0.1, -0.05) is 41.7 Å². The van der Waals surface area contributed by atoms with E-state index in [-0.39, 0.29) is 0 Å². The number of benzene rings is 1. The summed E-state index contributed by atoms with van der Waals surface area (Å²) in [5.74, 6) is 0. The van der Waals surface area contributed by atoms with Gasteiger partial charge in [-0.3, -0.25) is 4.98 Å². The summed E-state index contributed by atoms with van der Waals surface area (Å²) in [6.45, 7) is 2.02. The van der Waals surface area contributed by atoms with Crippen LogP contribution in [0.1, 0.15) is 12.6 Å². The van der Waals surface area contributed by atoms with Crippen molar-refractivity contribution in [2.24, 2.45) is 0 Å². The van der Waals surface area contributed by atoms with Crippen LogP contribution in [0.15, 0.2) is 18.2 Å². The maximum atomic E-state index is 6.13. The van der Waals surface area contributed by atoms with Crippen LogP contribution in [0.25, 0.3) is 10.9 Å².